The number of halogens is 1. The van der Waals surface area contributed by atoms with Crippen molar-refractivity contribution in [2.45, 2.75) is 20.8 Å². The number of nitrogens with zero attached hydrogens (tertiary/aromatic N) is 3. The van der Waals surface area contributed by atoms with Crippen LogP contribution in [0.1, 0.15) is 23.9 Å². The number of rotatable bonds is 5. The maximum Gasteiger partial charge on any atom is 0.266 e. The van der Waals surface area contributed by atoms with Crippen molar-refractivity contribution >= 4 is 50.5 Å². The van der Waals surface area contributed by atoms with Crippen molar-refractivity contribution in [2.75, 3.05) is 13.7 Å². The second-order valence-electron chi connectivity index (χ2n) is 7.39. The molecule has 3 aromatic rings. The Morgan fingerprint density at radius 2 is 1.78 bits per heavy atom. The normalized spacial score (nSPS) is 16.4. The van der Waals surface area contributed by atoms with Crippen molar-refractivity contribution in [1.82, 2.24) is 9.47 Å². The number of aliphatic imine (C=N–C) groups is 1. The van der Waals surface area contributed by atoms with Gasteiger partial charge in [0, 0.05) is 28.1 Å². The molecule has 1 aromatic heterocycles. The van der Waals surface area contributed by atoms with Gasteiger partial charge in [-0.15, -0.1) is 0 Å². The Morgan fingerprint density at radius 3 is 2.41 bits per heavy atom. The number of hydrogen-bond acceptors (Lipinski definition) is 4. The van der Waals surface area contributed by atoms with Gasteiger partial charge in [-0.3, -0.25) is 9.69 Å². The van der Waals surface area contributed by atoms with E-state index >= 15 is 0 Å². The van der Waals surface area contributed by atoms with Crippen LogP contribution < -0.4 is 4.74 Å². The Hall–Kier alpha value is -2.77. The quantitative estimate of drug-likeness (QED) is 0.369. The maximum atomic E-state index is 13.1. The summed E-state index contributed by atoms with van der Waals surface area (Å²) in [6.07, 6.45) is 1.98. The SMILES string of the molecule is CCN1C(=O)/C(=C/c2cc(C)n(-c3ccc(Br)cc3)c2C)SC1=Nc1ccc(OC)cc1. The van der Waals surface area contributed by atoms with E-state index in [0.717, 1.165) is 38.5 Å². The molecule has 32 heavy (non-hydrogen) atoms. The Bertz CT molecular complexity index is 1210. The number of benzene rings is 2. The zero-order valence-corrected chi connectivity index (χ0v) is 20.8. The summed E-state index contributed by atoms with van der Waals surface area (Å²) in [7, 11) is 1.63. The number of hydrogen-bond donors (Lipinski definition) is 0. The summed E-state index contributed by atoms with van der Waals surface area (Å²) in [6.45, 7) is 6.69. The molecule has 0 spiro atoms. The van der Waals surface area contributed by atoms with Gasteiger partial charge in [-0.1, -0.05) is 15.9 Å². The number of aromatic nitrogens is 1. The van der Waals surface area contributed by atoms with E-state index in [2.05, 4.69) is 52.5 Å². The fourth-order valence-corrected chi connectivity index (χ4v) is 5.02. The first-order valence-electron chi connectivity index (χ1n) is 10.3. The van der Waals surface area contributed by atoms with Gasteiger partial charge in [0.25, 0.3) is 5.91 Å². The average Bonchev–Trinajstić information content (AvgIpc) is 3.24. The Balaban J connectivity index is 1.67. The number of amides is 1. The van der Waals surface area contributed by atoms with Crippen LogP contribution in [0.3, 0.4) is 0 Å². The Kier molecular flexibility index (Phi) is 6.58. The van der Waals surface area contributed by atoms with Gasteiger partial charge >= 0.3 is 0 Å². The van der Waals surface area contributed by atoms with Gasteiger partial charge in [0.2, 0.25) is 0 Å². The van der Waals surface area contributed by atoms with E-state index in [0.29, 0.717) is 16.6 Å². The minimum Gasteiger partial charge on any atom is -0.497 e. The fourth-order valence-electron chi connectivity index (χ4n) is 3.70. The summed E-state index contributed by atoms with van der Waals surface area (Å²) in [5.41, 5.74) is 5.12. The van der Waals surface area contributed by atoms with E-state index in [1.807, 2.05) is 49.4 Å². The molecule has 2 aromatic carbocycles. The van der Waals surface area contributed by atoms with Gasteiger partial charge in [-0.2, -0.15) is 0 Å². The fraction of sp³-hybridized carbons (Fsp3) is 0.200. The van der Waals surface area contributed by atoms with E-state index in [9.17, 15) is 4.79 Å². The van der Waals surface area contributed by atoms with Crippen molar-refractivity contribution in [3.8, 4) is 11.4 Å². The first-order valence-corrected chi connectivity index (χ1v) is 11.9. The number of methoxy groups -OCH3 is 1. The third kappa shape index (κ3) is 4.40. The number of ether oxygens (including phenoxy) is 1. The molecule has 0 N–H and O–H groups in total. The highest BCUT2D eigenvalue weighted by atomic mass is 79.9. The second kappa shape index (κ2) is 9.38. The summed E-state index contributed by atoms with van der Waals surface area (Å²) in [4.78, 5) is 20.2. The van der Waals surface area contributed by atoms with Crippen LogP contribution in [0.2, 0.25) is 0 Å². The Morgan fingerprint density at radius 1 is 1.09 bits per heavy atom. The minimum absolute atomic E-state index is 0.0155. The molecular weight excluding hydrogens is 486 g/mol. The summed E-state index contributed by atoms with van der Waals surface area (Å²) in [5, 5.41) is 0.690. The number of carbonyl (C=O) groups is 1. The molecule has 1 aliphatic heterocycles. The smallest absolute Gasteiger partial charge is 0.266 e. The third-order valence-electron chi connectivity index (χ3n) is 5.34. The summed E-state index contributed by atoms with van der Waals surface area (Å²) < 4.78 is 8.46. The van der Waals surface area contributed by atoms with Crippen LogP contribution in [0.4, 0.5) is 5.69 Å². The molecule has 0 aliphatic carbocycles. The Labute approximate surface area is 200 Å². The number of likely N-dealkylation sites (N-methyl/N-ethyl adjacent to an activating group) is 1. The van der Waals surface area contributed by atoms with E-state index in [1.165, 1.54) is 11.8 Å². The number of aryl methyl sites for hydroxylation is 1. The van der Waals surface area contributed by atoms with Crippen molar-refractivity contribution in [3.63, 3.8) is 0 Å². The van der Waals surface area contributed by atoms with Gasteiger partial charge < -0.3 is 9.30 Å². The number of carbonyl (C=O) groups excluding carboxylic acids is 1. The lowest BCUT2D eigenvalue weighted by Crippen LogP contribution is -2.28. The van der Waals surface area contributed by atoms with Crippen molar-refractivity contribution < 1.29 is 9.53 Å². The van der Waals surface area contributed by atoms with Crippen molar-refractivity contribution in [2.24, 2.45) is 4.99 Å². The predicted molar refractivity (Wildman–Crippen MR) is 136 cm³/mol. The van der Waals surface area contributed by atoms with Crippen LogP contribution in [0.5, 0.6) is 5.75 Å². The zero-order chi connectivity index (χ0) is 22.8. The molecule has 0 atom stereocenters. The van der Waals surface area contributed by atoms with Crippen LogP contribution >= 0.6 is 27.7 Å². The minimum atomic E-state index is -0.0155. The largest absolute Gasteiger partial charge is 0.497 e. The molecule has 4 rings (SSSR count). The first-order chi connectivity index (χ1) is 15.4. The highest BCUT2D eigenvalue weighted by molar-refractivity contribution is 9.10. The monoisotopic (exact) mass is 509 g/mol. The molecule has 0 bridgehead atoms. The van der Waals surface area contributed by atoms with Crippen LogP contribution in [0.15, 0.2) is 69.0 Å². The lowest BCUT2D eigenvalue weighted by atomic mass is 10.2. The number of amidine groups is 1. The molecule has 0 saturated carbocycles. The molecule has 1 aliphatic rings. The van der Waals surface area contributed by atoms with Gasteiger partial charge in [-0.25, -0.2) is 4.99 Å². The number of thioether (sulfide) groups is 1. The maximum absolute atomic E-state index is 13.1. The molecule has 1 fully saturated rings. The van der Waals surface area contributed by atoms with E-state index in [1.54, 1.807) is 12.0 Å². The van der Waals surface area contributed by atoms with Crippen molar-refractivity contribution in [1.29, 1.82) is 0 Å². The topological polar surface area (TPSA) is 46.8 Å². The molecular formula is C25H24BrN3O2S. The van der Waals surface area contributed by atoms with Gasteiger partial charge in [0.15, 0.2) is 5.17 Å². The van der Waals surface area contributed by atoms with Gasteiger partial charge in [0.05, 0.1) is 17.7 Å². The summed E-state index contributed by atoms with van der Waals surface area (Å²) in [5.74, 6) is 0.761. The standard InChI is InChI=1S/C25H24BrN3O2S/c1-5-28-24(30)23(32-25(28)27-20-8-12-22(31-4)13-9-20)15-18-14-16(2)29(17(18)3)21-10-6-19(26)7-11-21/h6-15H,5H2,1-4H3/b23-15-,27-25?. The second-order valence-corrected chi connectivity index (χ2v) is 9.32. The summed E-state index contributed by atoms with van der Waals surface area (Å²) >= 11 is 4.91. The van der Waals surface area contributed by atoms with Crippen LogP contribution in [-0.4, -0.2) is 34.2 Å². The molecule has 164 valence electrons. The third-order valence-corrected chi connectivity index (χ3v) is 6.88. The molecule has 0 radical (unpaired) electrons. The highest BCUT2D eigenvalue weighted by Gasteiger charge is 2.32. The van der Waals surface area contributed by atoms with Gasteiger partial charge in [-0.05, 0) is 98.8 Å². The van der Waals surface area contributed by atoms with Crippen LogP contribution in [0.25, 0.3) is 11.8 Å². The molecule has 5 nitrogen and oxygen atoms in total. The van der Waals surface area contributed by atoms with Gasteiger partial charge in [0.1, 0.15) is 5.75 Å². The van der Waals surface area contributed by atoms with Crippen molar-refractivity contribution in [3.05, 3.63) is 80.9 Å². The predicted octanol–water partition coefficient (Wildman–Crippen LogP) is 6.49. The highest BCUT2D eigenvalue weighted by Crippen LogP contribution is 2.35. The van der Waals surface area contributed by atoms with E-state index in [4.69, 9.17) is 9.73 Å². The first kappa shape index (κ1) is 22.4. The molecule has 0 unspecified atom stereocenters. The molecule has 1 amide bonds. The van der Waals surface area contributed by atoms with E-state index < -0.39 is 0 Å². The summed E-state index contributed by atoms with van der Waals surface area (Å²) in [6, 6.07) is 17.8. The molecule has 1 saturated heterocycles. The van der Waals surface area contributed by atoms with E-state index in [-0.39, 0.29) is 5.91 Å². The molecule has 2 heterocycles. The lowest BCUT2D eigenvalue weighted by molar-refractivity contribution is -0.122. The van der Waals surface area contributed by atoms with Crippen LogP contribution in [-0.2, 0) is 4.79 Å². The average molecular weight is 510 g/mol. The zero-order valence-electron chi connectivity index (χ0n) is 18.4. The molecule has 7 heteroatoms. The lowest BCUT2D eigenvalue weighted by Gasteiger charge is -2.12. The van der Waals surface area contributed by atoms with Crippen LogP contribution in [0, 0.1) is 13.8 Å².